The van der Waals surface area contributed by atoms with E-state index in [1.807, 2.05) is 27.1 Å². The van der Waals surface area contributed by atoms with Gasteiger partial charge < -0.3 is 14.8 Å². The normalized spacial score (nSPS) is 13.6. The van der Waals surface area contributed by atoms with Gasteiger partial charge in [-0.25, -0.2) is 4.98 Å². The average Bonchev–Trinajstić information content (AvgIpc) is 3.27. The summed E-state index contributed by atoms with van der Waals surface area (Å²) in [4.78, 5) is 17.6. The van der Waals surface area contributed by atoms with Gasteiger partial charge in [0.05, 0.1) is 18.2 Å². The smallest absolute Gasteiger partial charge is 0.263 e. The molecule has 3 heterocycles. The van der Waals surface area contributed by atoms with Crippen LogP contribution in [0.2, 0.25) is 0 Å². The van der Waals surface area contributed by atoms with Crippen molar-refractivity contribution in [2.24, 2.45) is 7.05 Å². The quantitative estimate of drug-likeness (QED) is 0.705. The Morgan fingerprint density at radius 1 is 1.52 bits per heavy atom. The number of thiazole rings is 1. The van der Waals surface area contributed by atoms with Crippen LogP contribution in [-0.4, -0.2) is 31.8 Å². The summed E-state index contributed by atoms with van der Waals surface area (Å²) >= 11 is 1.34. The van der Waals surface area contributed by atoms with Crippen LogP contribution in [0.4, 0.5) is 0 Å². The van der Waals surface area contributed by atoms with E-state index in [4.69, 9.17) is 4.42 Å². The number of nitrogens with one attached hydrogen (secondary N) is 1. The van der Waals surface area contributed by atoms with Gasteiger partial charge in [0.15, 0.2) is 0 Å². The first-order chi connectivity index (χ1) is 11.9. The van der Waals surface area contributed by atoms with Crippen molar-refractivity contribution in [3.05, 3.63) is 47.1 Å². The van der Waals surface area contributed by atoms with Gasteiger partial charge in [-0.1, -0.05) is 0 Å². The SMILES string of the molecule is Cc1nc(-c2cnn(C)c2)sc1C(=O)N[C@H](C)C[C@H](O)c1ccco1. The van der Waals surface area contributed by atoms with Crippen LogP contribution in [0.25, 0.3) is 10.6 Å². The zero-order valence-corrected chi connectivity index (χ0v) is 15.1. The van der Waals surface area contributed by atoms with Crippen LogP contribution in [0.15, 0.2) is 35.2 Å². The molecule has 2 atom stereocenters. The van der Waals surface area contributed by atoms with E-state index in [1.165, 1.54) is 17.6 Å². The maximum atomic E-state index is 12.5. The maximum Gasteiger partial charge on any atom is 0.263 e. The second-order valence-corrected chi connectivity index (χ2v) is 6.98. The monoisotopic (exact) mass is 360 g/mol. The summed E-state index contributed by atoms with van der Waals surface area (Å²) in [6.45, 7) is 3.66. The fourth-order valence-corrected chi connectivity index (χ4v) is 3.49. The highest BCUT2D eigenvalue weighted by Gasteiger charge is 2.21. The molecule has 0 aliphatic rings. The lowest BCUT2D eigenvalue weighted by Gasteiger charge is -2.16. The zero-order chi connectivity index (χ0) is 18.0. The molecule has 3 aromatic rings. The highest BCUT2D eigenvalue weighted by Crippen LogP contribution is 2.27. The highest BCUT2D eigenvalue weighted by molar-refractivity contribution is 7.17. The number of aryl methyl sites for hydroxylation is 2. The summed E-state index contributed by atoms with van der Waals surface area (Å²) in [5.74, 6) is 0.304. The van der Waals surface area contributed by atoms with Crippen LogP contribution in [-0.2, 0) is 7.05 Å². The van der Waals surface area contributed by atoms with Gasteiger partial charge in [-0.3, -0.25) is 9.48 Å². The Bertz CT molecular complexity index is 853. The Labute approximate surface area is 149 Å². The first kappa shape index (κ1) is 17.4. The fraction of sp³-hybridized carbons (Fsp3) is 0.353. The molecule has 0 aliphatic carbocycles. The first-order valence-corrected chi connectivity index (χ1v) is 8.74. The number of nitrogens with zero attached hydrogens (tertiary/aromatic N) is 3. The van der Waals surface area contributed by atoms with Gasteiger partial charge in [-0.15, -0.1) is 11.3 Å². The van der Waals surface area contributed by atoms with Gasteiger partial charge in [-0.05, 0) is 26.0 Å². The molecule has 3 aromatic heterocycles. The van der Waals surface area contributed by atoms with Crippen molar-refractivity contribution in [3.63, 3.8) is 0 Å². The Kier molecular flexibility index (Phi) is 5.00. The molecule has 0 saturated carbocycles. The van der Waals surface area contributed by atoms with Gasteiger partial charge in [-0.2, -0.15) is 5.10 Å². The molecule has 0 radical (unpaired) electrons. The molecular formula is C17H20N4O3S. The third kappa shape index (κ3) is 3.97. The molecule has 0 bridgehead atoms. The van der Waals surface area contributed by atoms with Crippen LogP contribution >= 0.6 is 11.3 Å². The molecule has 25 heavy (non-hydrogen) atoms. The van der Waals surface area contributed by atoms with Crippen molar-refractivity contribution in [2.45, 2.75) is 32.4 Å². The highest BCUT2D eigenvalue weighted by atomic mass is 32.1. The van der Waals surface area contributed by atoms with Gasteiger partial charge in [0.2, 0.25) is 0 Å². The zero-order valence-electron chi connectivity index (χ0n) is 14.3. The van der Waals surface area contributed by atoms with Gasteiger partial charge in [0.25, 0.3) is 5.91 Å². The van der Waals surface area contributed by atoms with Gasteiger partial charge >= 0.3 is 0 Å². The molecule has 0 fully saturated rings. The molecule has 8 heteroatoms. The predicted molar refractivity (Wildman–Crippen MR) is 94.3 cm³/mol. The van der Waals surface area contributed by atoms with Crippen LogP contribution < -0.4 is 5.32 Å². The summed E-state index contributed by atoms with van der Waals surface area (Å²) in [6.07, 6.45) is 4.72. The van der Waals surface area contributed by atoms with Crippen LogP contribution in [0.3, 0.4) is 0 Å². The lowest BCUT2D eigenvalue weighted by Crippen LogP contribution is -2.33. The Morgan fingerprint density at radius 2 is 2.32 bits per heavy atom. The molecular weight excluding hydrogens is 340 g/mol. The molecule has 0 spiro atoms. The number of hydrogen-bond acceptors (Lipinski definition) is 6. The van der Waals surface area contributed by atoms with Crippen molar-refractivity contribution in [1.29, 1.82) is 0 Å². The number of aliphatic hydroxyl groups excluding tert-OH is 1. The molecule has 132 valence electrons. The number of carbonyl (C=O) groups excluding carboxylic acids is 1. The van der Waals surface area contributed by atoms with Gasteiger partial charge in [0, 0.05) is 31.3 Å². The summed E-state index contributed by atoms with van der Waals surface area (Å²) in [6, 6.07) is 3.23. The van der Waals surface area contributed by atoms with Crippen molar-refractivity contribution in [3.8, 4) is 10.6 Å². The lowest BCUT2D eigenvalue weighted by molar-refractivity contribution is 0.0906. The van der Waals surface area contributed by atoms with Crippen molar-refractivity contribution in [1.82, 2.24) is 20.1 Å². The largest absolute Gasteiger partial charge is 0.467 e. The van der Waals surface area contributed by atoms with Crippen LogP contribution in [0.1, 0.15) is 40.6 Å². The van der Waals surface area contributed by atoms with Crippen molar-refractivity contribution in [2.75, 3.05) is 0 Å². The summed E-state index contributed by atoms with van der Waals surface area (Å²) in [5.41, 5.74) is 1.57. The molecule has 1 amide bonds. The summed E-state index contributed by atoms with van der Waals surface area (Å²) in [5, 5.41) is 17.9. The number of aromatic nitrogens is 3. The van der Waals surface area contributed by atoms with Crippen molar-refractivity contribution < 1.29 is 14.3 Å². The van der Waals surface area contributed by atoms with Crippen molar-refractivity contribution >= 4 is 17.2 Å². The van der Waals surface area contributed by atoms with E-state index in [1.54, 1.807) is 23.0 Å². The second-order valence-electron chi connectivity index (χ2n) is 5.98. The minimum Gasteiger partial charge on any atom is -0.467 e. The minimum atomic E-state index is -0.751. The average molecular weight is 360 g/mol. The topological polar surface area (TPSA) is 93.2 Å². The van der Waals surface area contributed by atoms with E-state index in [0.29, 0.717) is 22.8 Å². The van der Waals surface area contributed by atoms with E-state index < -0.39 is 6.10 Å². The number of furan rings is 1. The predicted octanol–water partition coefficient (Wildman–Crippen LogP) is 2.69. The number of amides is 1. The Morgan fingerprint density at radius 3 is 2.96 bits per heavy atom. The van der Waals surface area contributed by atoms with E-state index in [0.717, 1.165) is 10.6 Å². The molecule has 2 N–H and O–H groups in total. The third-order valence-corrected chi connectivity index (χ3v) is 4.99. The molecule has 0 saturated heterocycles. The van der Waals surface area contributed by atoms with E-state index in [2.05, 4.69) is 15.4 Å². The number of rotatable bonds is 6. The van der Waals surface area contributed by atoms with E-state index >= 15 is 0 Å². The number of hydrogen-bond donors (Lipinski definition) is 2. The van der Waals surface area contributed by atoms with Crippen LogP contribution in [0.5, 0.6) is 0 Å². The number of aliphatic hydroxyl groups is 1. The Hall–Kier alpha value is -2.45. The summed E-state index contributed by atoms with van der Waals surface area (Å²) < 4.78 is 6.88. The maximum absolute atomic E-state index is 12.5. The third-order valence-electron chi connectivity index (χ3n) is 3.78. The summed E-state index contributed by atoms with van der Waals surface area (Å²) in [7, 11) is 1.84. The molecule has 3 rings (SSSR count). The van der Waals surface area contributed by atoms with E-state index in [-0.39, 0.29) is 11.9 Å². The minimum absolute atomic E-state index is 0.190. The standard InChI is InChI=1S/C17H20N4O3S/c1-10(7-13(22)14-5-4-6-24-14)19-16(23)15-11(2)20-17(25-15)12-8-18-21(3)9-12/h4-6,8-10,13,22H,7H2,1-3H3,(H,19,23)/t10-,13+/m1/s1. The second kappa shape index (κ2) is 7.20. The van der Waals surface area contributed by atoms with Gasteiger partial charge in [0.1, 0.15) is 21.7 Å². The fourth-order valence-electron chi connectivity index (χ4n) is 2.54. The van der Waals surface area contributed by atoms with E-state index in [9.17, 15) is 9.90 Å². The molecule has 0 aliphatic heterocycles. The molecule has 0 unspecified atom stereocenters. The number of carbonyl (C=O) groups is 1. The Balaban J connectivity index is 1.66. The lowest BCUT2D eigenvalue weighted by atomic mass is 10.1. The molecule has 0 aromatic carbocycles. The van der Waals surface area contributed by atoms with Crippen LogP contribution in [0, 0.1) is 6.92 Å². The molecule has 7 nitrogen and oxygen atoms in total. The first-order valence-electron chi connectivity index (χ1n) is 7.93.